The second kappa shape index (κ2) is 6.34. The van der Waals surface area contributed by atoms with Gasteiger partial charge in [-0.1, -0.05) is 36.4 Å². The summed E-state index contributed by atoms with van der Waals surface area (Å²) in [5, 5.41) is 6.50. The van der Waals surface area contributed by atoms with E-state index in [1.807, 2.05) is 24.3 Å². The molecular weight excluding hydrogens is 308 g/mol. The molecule has 2 aromatic rings. The molecule has 120 valence electrons. The highest BCUT2D eigenvalue weighted by Gasteiger charge is 2.51. The van der Waals surface area contributed by atoms with Gasteiger partial charge in [-0.2, -0.15) is 0 Å². The molecule has 4 heteroatoms. The Balaban J connectivity index is 0.00000156. The highest BCUT2D eigenvalue weighted by atomic mass is 35.5. The van der Waals surface area contributed by atoms with Gasteiger partial charge in [0.25, 0.3) is 0 Å². The topological polar surface area (TPSA) is 41.1 Å². The van der Waals surface area contributed by atoms with Crippen LogP contribution in [0.25, 0.3) is 0 Å². The van der Waals surface area contributed by atoms with Crippen LogP contribution >= 0.6 is 12.4 Å². The van der Waals surface area contributed by atoms with Gasteiger partial charge in [0.05, 0.1) is 5.41 Å². The first-order chi connectivity index (χ1) is 10.8. The summed E-state index contributed by atoms with van der Waals surface area (Å²) in [5.41, 5.74) is 4.42. The summed E-state index contributed by atoms with van der Waals surface area (Å²) < 4.78 is 0. The fourth-order valence-electron chi connectivity index (χ4n) is 3.34. The smallest absolute Gasteiger partial charge is 0.235 e. The molecule has 2 aromatic carbocycles. The number of carbonyl (C=O) groups is 1. The first kappa shape index (κ1) is 16.0. The monoisotopic (exact) mass is 328 g/mol. The highest BCUT2D eigenvalue weighted by molar-refractivity contribution is 6.01. The zero-order valence-electron chi connectivity index (χ0n) is 13.0. The minimum Gasteiger partial charge on any atom is -0.325 e. The van der Waals surface area contributed by atoms with Gasteiger partial charge in [-0.25, -0.2) is 0 Å². The first-order valence-corrected chi connectivity index (χ1v) is 7.97. The van der Waals surface area contributed by atoms with E-state index in [4.69, 9.17) is 0 Å². The number of rotatable bonds is 3. The van der Waals surface area contributed by atoms with Crippen LogP contribution in [0.3, 0.4) is 0 Å². The van der Waals surface area contributed by atoms with Gasteiger partial charge in [-0.05, 0) is 54.6 Å². The fourth-order valence-corrected chi connectivity index (χ4v) is 3.34. The Morgan fingerprint density at radius 3 is 2.57 bits per heavy atom. The van der Waals surface area contributed by atoms with Crippen LogP contribution < -0.4 is 10.6 Å². The van der Waals surface area contributed by atoms with E-state index >= 15 is 0 Å². The number of hydrogen-bond donors (Lipinski definition) is 2. The van der Waals surface area contributed by atoms with Crippen LogP contribution in [0.1, 0.15) is 29.5 Å². The van der Waals surface area contributed by atoms with E-state index in [2.05, 4.69) is 34.9 Å². The van der Waals surface area contributed by atoms with E-state index in [0.717, 1.165) is 43.6 Å². The van der Waals surface area contributed by atoms with Crippen molar-refractivity contribution in [3.8, 4) is 0 Å². The number of anilines is 1. The largest absolute Gasteiger partial charge is 0.325 e. The van der Waals surface area contributed by atoms with Gasteiger partial charge in [0, 0.05) is 12.2 Å². The molecule has 0 radical (unpaired) electrons. The minimum absolute atomic E-state index is 0. The number of halogens is 1. The number of hydrogen-bond acceptors (Lipinski definition) is 2. The Labute approximate surface area is 142 Å². The third-order valence-electron chi connectivity index (χ3n) is 4.86. The van der Waals surface area contributed by atoms with Crippen molar-refractivity contribution in [2.45, 2.75) is 31.2 Å². The molecule has 2 N–H and O–H groups in total. The standard InChI is InChI=1S/C19H20N2O.ClH/c22-18(19(9-10-19)16-4-2-1-3-5-16)21-17-7-6-14-8-11-20-13-15(14)12-17;/h1-7,12,20H,8-11,13H2,(H,21,22);1H. The quantitative estimate of drug-likeness (QED) is 0.906. The second-order valence-corrected chi connectivity index (χ2v) is 6.31. The van der Waals surface area contributed by atoms with Crippen molar-refractivity contribution in [2.75, 3.05) is 11.9 Å². The van der Waals surface area contributed by atoms with E-state index in [1.165, 1.54) is 11.1 Å². The van der Waals surface area contributed by atoms with Crippen LogP contribution in [0, 0.1) is 0 Å². The van der Waals surface area contributed by atoms with E-state index < -0.39 is 0 Å². The normalized spacial score (nSPS) is 17.6. The molecule has 1 fully saturated rings. The van der Waals surface area contributed by atoms with E-state index in [-0.39, 0.29) is 23.7 Å². The molecule has 1 amide bonds. The minimum atomic E-state index is -0.310. The number of fused-ring (bicyclic) bond motifs is 1. The van der Waals surface area contributed by atoms with Crippen molar-refractivity contribution < 1.29 is 4.79 Å². The van der Waals surface area contributed by atoms with Crippen molar-refractivity contribution in [3.63, 3.8) is 0 Å². The van der Waals surface area contributed by atoms with E-state index in [0.29, 0.717) is 0 Å². The Hall–Kier alpha value is -1.84. The Morgan fingerprint density at radius 1 is 1.04 bits per heavy atom. The van der Waals surface area contributed by atoms with Crippen molar-refractivity contribution in [2.24, 2.45) is 0 Å². The average molecular weight is 329 g/mol. The Kier molecular flexibility index (Phi) is 4.42. The molecule has 0 spiro atoms. The number of amides is 1. The Morgan fingerprint density at radius 2 is 1.83 bits per heavy atom. The molecule has 0 aromatic heterocycles. The predicted octanol–water partition coefficient (Wildman–Crippen LogP) is 3.42. The van der Waals surface area contributed by atoms with E-state index in [9.17, 15) is 4.79 Å². The van der Waals surface area contributed by atoms with Crippen LogP contribution in [-0.2, 0) is 23.2 Å². The lowest BCUT2D eigenvalue weighted by Crippen LogP contribution is -2.28. The molecule has 0 atom stereocenters. The zero-order chi connectivity index (χ0) is 15.0. The molecule has 0 saturated heterocycles. The maximum Gasteiger partial charge on any atom is 0.235 e. The summed E-state index contributed by atoms with van der Waals surface area (Å²) in [7, 11) is 0. The molecule has 0 bridgehead atoms. The summed E-state index contributed by atoms with van der Waals surface area (Å²) in [6.45, 7) is 1.93. The third-order valence-corrected chi connectivity index (χ3v) is 4.86. The van der Waals surface area contributed by atoms with Crippen LogP contribution in [-0.4, -0.2) is 12.5 Å². The van der Waals surface area contributed by atoms with Crippen molar-refractivity contribution in [3.05, 3.63) is 65.2 Å². The second-order valence-electron chi connectivity index (χ2n) is 6.31. The summed E-state index contributed by atoms with van der Waals surface area (Å²) in [6.07, 6.45) is 2.95. The maximum atomic E-state index is 12.7. The molecule has 4 rings (SSSR count). The molecule has 1 aliphatic carbocycles. The molecule has 3 nitrogen and oxygen atoms in total. The van der Waals surface area contributed by atoms with Crippen molar-refractivity contribution in [1.29, 1.82) is 0 Å². The van der Waals surface area contributed by atoms with Crippen LogP contribution in [0.15, 0.2) is 48.5 Å². The van der Waals surface area contributed by atoms with Crippen molar-refractivity contribution >= 4 is 24.0 Å². The van der Waals surface area contributed by atoms with Gasteiger partial charge in [0.1, 0.15) is 0 Å². The van der Waals surface area contributed by atoms with E-state index in [1.54, 1.807) is 0 Å². The van der Waals surface area contributed by atoms with Crippen LogP contribution in [0.2, 0.25) is 0 Å². The molecule has 1 aliphatic heterocycles. The van der Waals surface area contributed by atoms with Gasteiger partial charge in [0.15, 0.2) is 0 Å². The molecular formula is C19H21ClN2O. The zero-order valence-corrected chi connectivity index (χ0v) is 13.8. The summed E-state index contributed by atoms with van der Waals surface area (Å²) in [4.78, 5) is 12.7. The van der Waals surface area contributed by atoms with Crippen LogP contribution in [0.4, 0.5) is 5.69 Å². The summed E-state index contributed by atoms with van der Waals surface area (Å²) in [5.74, 6) is 0.127. The SMILES string of the molecule is Cl.O=C(Nc1ccc2c(c1)CNCC2)C1(c2ccccc2)CC1. The number of benzene rings is 2. The molecule has 1 saturated carbocycles. The molecule has 0 unspecified atom stereocenters. The fraction of sp³-hybridized carbons (Fsp3) is 0.316. The van der Waals surface area contributed by atoms with Gasteiger partial charge in [-0.3, -0.25) is 4.79 Å². The van der Waals surface area contributed by atoms with Gasteiger partial charge in [0.2, 0.25) is 5.91 Å². The van der Waals surface area contributed by atoms with Gasteiger partial charge < -0.3 is 10.6 Å². The third kappa shape index (κ3) is 2.99. The van der Waals surface area contributed by atoms with Gasteiger partial charge in [-0.15, -0.1) is 12.4 Å². The molecule has 1 heterocycles. The first-order valence-electron chi connectivity index (χ1n) is 7.97. The highest BCUT2D eigenvalue weighted by Crippen LogP contribution is 2.48. The Bertz CT molecular complexity index is 711. The summed E-state index contributed by atoms with van der Waals surface area (Å²) >= 11 is 0. The lowest BCUT2D eigenvalue weighted by atomic mass is 9.94. The number of carbonyl (C=O) groups excluding carboxylic acids is 1. The summed E-state index contributed by atoms with van der Waals surface area (Å²) in [6, 6.07) is 16.4. The van der Waals surface area contributed by atoms with Gasteiger partial charge >= 0.3 is 0 Å². The van der Waals surface area contributed by atoms with Crippen molar-refractivity contribution in [1.82, 2.24) is 5.32 Å². The molecule has 2 aliphatic rings. The maximum absolute atomic E-state index is 12.7. The van der Waals surface area contributed by atoms with Crippen LogP contribution in [0.5, 0.6) is 0 Å². The lowest BCUT2D eigenvalue weighted by molar-refractivity contribution is -0.118. The molecule has 23 heavy (non-hydrogen) atoms. The predicted molar refractivity (Wildman–Crippen MR) is 95.1 cm³/mol. The number of nitrogens with one attached hydrogen (secondary N) is 2. The lowest BCUT2D eigenvalue weighted by Gasteiger charge is -2.20. The average Bonchev–Trinajstić information content (AvgIpc) is 3.37.